The van der Waals surface area contributed by atoms with E-state index in [-0.39, 0.29) is 5.56 Å². The number of hydrogen-bond donors (Lipinski definition) is 1. The van der Waals surface area contributed by atoms with Gasteiger partial charge in [-0.2, -0.15) is 0 Å². The fourth-order valence-corrected chi connectivity index (χ4v) is 2.92. The first kappa shape index (κ1) is 10.4. The number of H-pyrrole nitrogens is 1. The quantitative estimate of drug-likeness (QED) is 0.780. The molecule has 0 unspecified atom stereocenters. The van der Waals surface area contributed by atoms with Gasteiger partial charge in [0, 0.05) is 4.88 Å². The predicted molar refractivity (Wildman–Crippen MR) is 69.9 cm³/mol. The van der Waals surface area contributed by atoms with E-state index in [1.165, 1.54) is 6.33 Å². The molecule has 0 saturated carbocycles. The van der Waals surface area contributed by atoms with Crippen LogP contribution >= 0.6 is 11.3 Å². The highest BCUT2D eigenvalue weighted by Gasteiger charge is 2.36. The first-order valence-corrected chi connectivity index (χ1v) is 6.16. The molecule has 3 rings (SSSR count). The summed E-state index contributed by atoms with van der Waals surface area (Å²) in [4.78, 5) is 20.0. The summed E-state index contributed by atoms with van der Waals surface area (Å²) >= 11 is 1.66. The van der Waals surface area contributed by atoms with E-state index in [2.05, 4.69) is 22.2 Å². The molecule has 0 atom stereocenters. The second-order valence-corrected chi connectivity index (χ2v) is 5.44. The third-order valence-corrected chi connectivity index (χ3v) is 3.80. The van der Waals surface area contributed by atoms with Crippen LogP contribution in [-0.2, 0) is 0 Å². The Kier molecular flexibility index (Phi) is 2.08. The molecule has 0 bridgehead atoms. The Labute approximate surface area is 102 Å². The van der Waals surface area contributed by atoms with Crippen LogP contribution in [0.15, 0.2) is 34.8 Å². The average Bonchev–Trinajstić information content (AvgIpc) is 2.85. The van der Waals surface area contributed by atoms with Gasteiger partial charge in [-0.05, 0) is 11.4 Å². The fraction of sp³-hybridized carbons (Fsp3) is 0.167. The number of thiophene rings is 1. The monoisotopic (exact) mass is 246 g/mol. The van der Waals surface area contributed by atoms with Gasteiger partial charge in [0.25, 0.3) is 0 Å². The van der Waals surface area contributed by atoms with Crippen LogP contribution in [0.2, 0.25) is 0 Å². The van der Waals surface area contributed by atoms with Crippen LogP contribution in [0.1, 0.15) is 10.6 Å². The van der Waals surface area contributed by atoms with Crippen molar-refractivity contribution in [3.8, 4) is 0 Å². The number of quaternary nitrogens is 1. The van der Waals surface area contributed by atoms with Gasteiger partial charge in [-0.15, -0.1) is 11.3 Å². The van der Waals surface area contributed by atoms with Crippen molar-refractivity contribution in [1.82, 2.24) is 14.5 Å². The van der Waals surface area contributed by atoms with Gasteiger partial charge in [-0.1, -0.05) is 6.07 Å². The van der Waals surface area contributed by atoms with E-state index in [1.807, 2.05) is 25.5 Å². The van der Waals surface area contributed by atoms with Gasteiger partial charge in [-0.25, -0.2) is 4.98 Å². The van der Waals surface area contributed by atoms with Crippen molar-refractivity contribution in [3.63, 3.8) is 0 Å². The molecule has 1 N–H and O–H groups in total. The van der Waals surface area contributed by atoms with E-state index < -0.39 is 0 Å². The van der Waals surface area contributed by atoms with Crippen molar-refractivity contribution in [3.05, 3.63) is 51.0 Å². The van der Waals surface area contributed by atoms with Crippen LogP contribution in [-0.4, -0.2) is 24.1 Å². The van der Waals surface area contributed by atoms with Crippen LogP contribution in [0.25, 0.3) is 5.57 Å². The van der Waals surface area contributed by atoms with Crippen molar-refractivity contribution in [2.24, 2.45) is 0 Å². The van der Waals surface area contributed by atoms with Gasteiger partial charge in [0.2, 0.25) is 5.69 Å². The summed E-state index contributed by atoms with van der Waals surface area (Å²) in [5.41, 5.74) is 2.48. The number of hydrogen-bond acceptors (Lipinski definition) is 3. The molecule has 3 heterocycles. The molecule has 86 valence electrons. The second kappa shape index (κ2) is 3.38. The highest BCUT2D eigenvalue weighted by atomic mass is 32.1. The Morgan fingerprint density at radius 2 is 2.24 bits per heavy atom. The molecular weight excluding hydrogens is 234 g/mol. The minimum atomic E-state index is -0.0668. The summed E-state index contributed by atoms with van der Waals surface area (Å²) in [6.45, 7) is 0. The molecule has 0 spiro atoms. The summed E-state index contributed by atoms with van der Waals surface area (Å²) in [5, 5.41) is 2.03. The molecule has 2 aromatic rings. The molecule has 0 amide bonds. The zero-order valence-corrected chi connectivity index (χ0v) is 10.4. The van der Waals surface area contributed by atoms with Gasteiger partial charge in [0.15, 0.2) is 0 Å². The maximum atomic E-state index is 11.9. The summed E-state index contributed by atoms with van der Waals surface area (Å²) in [7, 11) is 3.96. The largest absolute Gasteiger partial charge is 0.313 e. The Morgan fingerprint density at radius 1 is 1.41 bits per heavy atom. The molecule has 5 heteroatoms. The van der Waals surface area contributed by atoms with Crippen molar-refractivity contribution in [2.75, 3.05) is 14.1 Å². The molecule has 0 fully saturated rings. The van der Waals surface area contributed by atoms with E-state index in [9.17, 15) is 4.79 Å². The zero-order valence-electron chi connectivity index (χ0n) is 9.60. The standard InChI is InChI=1S/C12H11N3OS/c1-15(2)6-8(9-4-3-5-17-9)10-11(15)12(16)14-7-13-10/h3-7H,1-2H3/p+1. The molecular formula is C12H12N3OS+. The van der Waals surface area contributed by atoms with Gasteiger partial charge < -0.3 is 4.98 Å². The summed E-state index contributed by atoms with van der Waals surface area (Å²) in [6, 6.07) is 4.06. The molecule has 17 heavy (non-hydrogen) atoms. The Hall–Kier alpha value is -1.72. The minimum absolute atomic E-state index is 0.0668. The van der Waals surface area contributed by atoms with Crippen LogP contribution in [0, 0.1) is 0 Å². The molecule has 0 aliphatic carbocycles. The molecule has 0 radical (unpaired) electrons. The third kappa shape index (κ3) is 1.47. The minimum Gasteiger partial charge on any atom is -0.308 e. The molecule has 0 aromatic carbocycles. The Balaban J connectivity index is 2.30. The number of rotatable bonds is 1. The first-order valence-electron chi connectivity index (χ1n) is 5.28. The van der Waals surface area contributed by atoms with E-state index in [0.29, 0.717) is 10.2 Å². The van der Waals surface area contributed by atoms with Crippen LogP contribution < -0.4 is 10.0 Å². The van der Waals surface area contributed by atoms with Gasteiger partial charge in [-0.3, -0.25) is 9.28 Å². The lowest BCUT2D eigenvalue weighted by atomic mass is 10.2. The van der Waals surface area contributed by atoms with E-state index in [4.69, 9.17) is 0 Å². The second-order valence-electron chi connectivity index (χ2n) is 4.49. The van der Waals surface area contributed by atoms with Crippen molar-refractivity contribution in [2.45, 2.75) is 0 Å². The summed E-state index contributed by atoms with van der Waals surface area (Å²) in [6.07, 6.45) is 3.53. The van der Waals surface area contributed by atoms with Gasteiger partial charge >= 0.3 is 5.56 Å². The molecule has 0 saturated heterocycles. The number of fused-ring (bicyclic) bond motifs is 1. The molecule has 1 aliphatic rings. The van der Waals surface area contributed by atoms with Crippen LogP contribution in [0.4, 0.5) is 5.69 Å². The lowest BCUT2D eigenvalue weighted by molar-refractivity contribution is 0.543. The average molecular weight is 246 g/mol. The van der Waals surface area contributed by atoms with Crippen molar-refractivity contribution >= 4 is 22.6 Å². The van der Waals surface area contributed by atoms with E-state index in [1.54, 1.807) is 11.3 Å². The first-order chi connectivity index (χ1) is 8.09. The normalized spacial score (nSPS) is 16.7. The maximum absolute atomic E-state index is 11.9. The highest BCUT2D eigenvalue weighted by molar-refractivity contribution is 7.11. The zero-order chi connectivity index (χ0) is 12.0. The van der Waals surface area contributed by atoms with E-state index in [0.717, 1.165) is 16.1 Å². The summed E-state index contributed by atoms with van der Waals surface area (Å²) in [5.74, 6) is 0. The Morgan fingerprint density at radius 3 is 2.94 bits per heavy atom. The Bertz CT molecular complexity index is 653. The van der Waals surface area contributed by atoms with Crippen molar-refractivity contribution in [1.29, 1.82) is 0 Å². The van der Waals surface area contributed by atoms with Crippen molar-refractivity contribution < 1.29 is 0 Å². The van der Waals surface area contributed by atoms with Gasteiger partial charge in [0.05, 0.1) is 26.0 Å². The van der Waals surface area contributed by atoms with Crippen LogP contribution in [0.3, 0.4) is 0 Å². The van der Waals surface area contributed by atoms with E-state index >= 15 is 0 Å². The third-order valence-electron chi connectivity index (χ3n) is 2.90. The molecule has 4 nitrogen and oxygen atoms in total. The number of nitrogens with zero attached hydrogens (tertiary/aromatic N) is 2. The molecule has 2 aromatic heterocycles. The van der Waals surface area contributed by atoms with Crippen LogP contribution in [0.5, 0.6) is 0 Å². The maximum Gasteiger partial charge on any atom is 0.313 e. The summed E-state index contributed by atoms with van der Waals surface area (Å²) < 4.78 is 0.436. The number of nitrogens with one attached hydrogen (secondary N) is 1. The predicted octanol–water partition coefficient (Wildman–Crippen LogP) is 1.80. The fourth-order valence-electron chi connectivity index (χ4n) is 2.18. The topological polar surface area (TPSA) is 45.8 Å². The lowest BCUT2D eigenvalue weighted by Crippen LogP contribution is -2.36. The highest BCUT2D eigenvalue weighted by Crippen LogP contribution is 2.38. The number of aromatic amines is 1. The number of aromatic nitrogens is 2. The smallest absolute Gasteiger partial charge is 0.308 e. The van der Waals surface area contributed by atoms with Gasteiger partial charge in [0.1, 0.15) is 11.9 Å². The SMILES string of the molecule is C[N+]1(C)C=C(c2cccs2)c2nc[nH]c(=O)c21. The molecule has 1 aliphatic heterocycles. The lowest BCUT2D eigenvalue weighted by Gasteiger charge is -2.18.